The van der Waals surface area contributed by atoms with E-state index in [1.54, 1.807) is 14.2 Å². The van der Waals surface area contributed by atoms with Gasteiger partial charge in [-0.15, -0.1) is 24.0 Å². The van der Waals surface area contributed by atoms with E-state index >= 15 is 0 Å². The first kappa shape index (κ1) is 26.0. The Balaban J connectivity index is 0.00000450. The highest BCUT2D eigenvalue weighted by molar-refractivity contribution is 14.0. The van der Waals surface area contributed by atoms with Gasteiger partial charge in [-0.25, -0.2) is 0 Å². The molecule has 0 aliphatic carbocycles. The highest BCUT2D eigenvalue weighted by atomic mass is 127. The van der Waals surface area contributed by atoms with Crippen LogP contribution in [-0.4, -0.2) is 39.4 Å². The van der Waals surface area contributed by atoms with Gasteiger partial charge in [0.15, 0.2) is 5.96 Å². The molecule has 0 spiro atoms. The molecule has 0 aliphatic rings. The summed E-state index contributed by atoms with van der Waals surface area (Å²) < 4.78 is 11.0. The van der Waals surface area contributed by atoms with Crippen LogP contribution in [0.15, 0.2) is 47.5 Å². The average Bonchev–Trinajstić information content (AvgIpc) is 2.70. The predicted octanol–water partition coefficient (Wildman–Crippen LogP) is 4.32. The molecule has 0 saturated heterocycles. The van der Waals surface area contributed by atoms with Crippen molar-refractivity contribution in [2.45, 2.75) is 40.0 Å². The summed E-state index contributed by atoms with van der Waals surface area (Å²) in [5, 5.41) is 10.0. The van der Waals surface area contributed by atoms with Gasteiger partial charge in [0.05, 0.1) is 12.7 Å². The second-order valence-electron chi connectivity index (χ2n) is 7.17. The summed E-state index contributed by atoms with van der Waals surface area (Å²) in [5.41, 5.74) is 4.57. The first-order valence-corrected chi connectivity index (χ1v) is 10.0. The molecule has 0 heterocycles. The Hall–Kier alpha value is -2.00. The van der Waals surface area contributed by atoms with Crippen LogP contribution in [0.3, 0.4) is 0 Å². The largest absolute Gasteiger partial charge is 0.491 e. The Morgan fingerprint density at radius 1 is 1.03 bits per heavy atom. The topological polar surface area (TPSA) is 66.9 Å². The van der Waals surface area contributed by atoms with Gasteiger partial charge >= 0.3 is 0 Å². The van der Waals surface area contributed by atoms with E-state index in [0.29, 0.717) is 19.7 Å². The van der Waals surface area contributed by atoms with E-state index in [-0.39, 0.29) is 30.1 Å². The Morgan fingerprint density at radius 3 is 2.37 bits per heavy atom. The fourth-order valence-electron chi connectivity index (χ4n) is 2.79. The van der Waals surface area contributed by atoms with Gasteiger partial charge in [0.1, 0.15) is 5.75 Å². The zero-order chi connectivity index (χ0) is 21.1. The minimum atomic E-state index is 0. The molecule has 0 fully saturated rings. The molecule has 0 radical (unpaired) electrons. The van der Waals surface area contributed by atoms with Gasteiger partial charge in [-0.2, -0.15) is 0 Å². The highest BCUT2D eigenvalue weighted by Crippen LogP contribution is 2.21. The number of benzene rings is 2. The zero-order valence-electron chi connectivity index (χ0n) is 18.6. The van der Waals surface area contributed by atoms with Crippen molar-refractivity contribution >= 4 is 35.6 Å². The molecule has 0 bridgehead atoms. The van der Waals surface area contributed by atoms with Gasteiger partial charge in [-0.05, 0) is 50.1 Å². The molecule has 30 heavy (non-hydrogen) atoms. The summed E-state index contributed by atoms with van der Waals surface area (Å²) in [4.78, 5) is 4.32. The summed E-state index contributed by atoms with van der Waals surface area (Å²) in [7, 11) is 3.48. The van der Waals surface area contributed by atoms with Crippen molar-refractivity contribution in [3.05, 3.63) is 59.2 Å². The van der Waals surface area contributed by atoms with Crippen LogP contribution in [0.2, 0.25) is 0 Å². The van der Waals surface area contributed by atoms with E-state index in [1.807, 2.05) is 13.8 Å². The van der Waals surface area contributed by atoms with Crippen LogP contribution in [0.4, 0.5) is 5.69 Å². The molecular weight excluding hydrogens is 491 g/mol. The van der Waals surface area contributed by atoms with Crippen LogP contribution in [0.5, 0.6) is 5.75 Å². The maximum absolute atomic E-state index is 5.95. The van der Waals surface area contributed by atoms with Gasteiger partial charge in [0.25, 0.3) is 0 Å². The van der Waals surface area contributed by atoms with Gasteiger partial charge in [0, 0.05) is 45.0 Å². The predicted molar refractivity (Wildman–Crippen MR) is 136 cm³/mol. The number of methoxy groups -OCH3 is 1. The molecule has 3 N–H and O–H groups in total. The second-order valence-corrected chi connectivity index (χ2v) is 7.17. The fourth-order valence-corrected chi connectivity index (χ4v) is 2.79. The summed E-state index contributed by atoms with van der Waals surface area (Å²) in [6, 6.07) is 14.6. The number of aliphatic imine (C=N–C) groups is 1. The fraction of sp³-hybridized carbons (Fsp3) is 0.435. The van der Waals surface area contributed by atoms with Crippen molar-refractivity contribution in [1.29, 1.82) is 0 Å². The average molecular weight is 526 g/mol. The molecule has 2 aromatic carbocycles. The summed E-state index contributed by atoms with van der Waals surface area (Å²) in [6.07, 6.45) is 0.139. The van der Waals surface area contributed by atoms with Crippen LogP contribution in [-0.2, 0) is 17.8 Å². The summed E-state index contributed by atoms with van der Waals surface area (Å²) in [5.74, 6) is 1.67. The Bertz CT molecular complexity index is 779. The molecule has 0 unspecified atom stereocenters. The number of anilines is 1. The molecule has 0 aromatic heterocycles. The number of hydrogen-bond acceptors (Lipinski definition) is 4. The maximum Gasteiger partial charge on any atom is 0.191 e. The first-order valence-electron chi connectivity index (χ1n) is 10.0. The minimum Gasteiger partial charge on any atom is -0.491 e. The Morgan fingerprint density at radius 2 is 1.73 bits per heavy atom. The van der Waals surface area contributed by atoms with Crippen LogP contribution >= 0.6 is 24.0 Å². The number of rotatable bonds is 10. The number of ether oxygens (including phenoxy) is 2. The molecular formula is C23H35IN4O2. The number of nitrogens with zero attached hydrogens (tertiary/aromatic N) is 1. The molecule has 7 heteroatoms. The van der Waals surface area contributed by atoms with E-state index in [4.69, 9.17) is 9.47 Å². The highest BCUT2D eigenvalue weighted by Gasteiger charge is 2.07. The molecule has 6 nitrogen and oxygen atoms in total. The van der Waals surface area contributed by atoms with Crippen molar-refractivity contribution in [3.63, 3.8) is 0 Å². The maximum atomic E-state index is 5.95. The number of halogens is 1. The molecule has 0 atom stereocenters. The molecule has 0 saturated carbocycles. The van der Waals surface area contributed by atoms with E-state index in [9.17, 15) is 0 Å². The molecule has 0 amide bonds. The monoisotopic (exact) mass is 526 g/mol. The first-order chi connectivity index (χ1) is 14.0. The standard InChI is InChI=1S/C23H34N4O2.HI/c1-17(2)29-22-14-18(3)6-9-20(22)16-27-23(24-4)26-15-19-7-10-21(11-8-19)25-12-13-28-5;/h6-11,14,17,25H,12-13,15-16H2,1-5H3,(H2,24,26,27);1H. The van der Waals surface area contributed by atoms with E-state index < -0.39 is 0 Å². The minimum absolute atomic E-state index is 0. The third-order valence-electron chi connectivity index (χ3n) is 4.30. The van der Waals surface area contributed by atoms with Gasteiger partial charge in [0.2, 0.25) is 0 Å². The summed E-state index contributed by atoms with van der Waals surface area (Å²) >= 11 is 0. The second kappa shape index (κ2) is 14.1. The van der Waals surface area contributed by atoms with Crippen LogP contribution < -0.4 is 20.7 Å². The lowest BCUT2D eigenvalue weighted by molar-refractivity contribution is 0.211. The molecule has 2 rings (SSSR count). The van der Waals surface area contributed by atoms with Crippen LogP contribution in [0, 0.1) is 6.92 Å². The molecule has 0 aliphatic heterocycles. The van der Waals surface area contributed by atoms with Crippen molar-refractivity contribution in [2.24, 2.45) is 4.99 Å². The van der Waals surface area contributed by atoms with Crippen LogP contribution in [0.25, 0.3) is 0 Å². The Labute approximate surface area is 197 Å². The SMILES string of the molecule is CN=C(NCc1ccc(NCCOC)cc1)NCc1ccc(C)cc1OC(C)C.I. The smallest absolute Gasteiger partial charge is 0.191 e. The third kappa shape index (κ3) is 9.21. The van der Waals surface area contributed by atoms with Crippen molar-refractivity contribution in [2.75, 3.05) is 32.6 Å². The number of aryl methyl sites for hydroxylation is 1. The van der Waals surface area contributed by atoms with Crippen LogP contribution in [0.1, 0.15) is 30.5 Å². The lowest BCUT2D eigenvalue weighted by Crippen LogP contribution is -2.36. The van der Waals surface area contributed by atoms with E-state index in [1.165, 1.54) is 11.1 Å². The van der Waals surface area contributed by atoms with Crippen molar-refractivity contribution in [3.8, 4) is 5.75 Å². The van der Waals surface area contributed by atoms with Gasteiger partial charge in [-0.1, -0.05) is 24.3 Å². The van der Waals surface area contributed by atoms with E-state index in [2.05, 4.69) is 70.3 Å². The summed E-state index contributed by atoms with van der Waals surface area (Å²) in [6.45, 7) is 8.98. The number of guanidine groups is 1. The van der Waals surface area contributed by atoms with E-state index in [0.717, 1.165) is 29.5 Å². The molecule has 2 aromatic rings. The molecule has 166 valence electrons. The Kier molecular flexibility index (Phi) is 12.2. The number of hydrogen-bond donors (Lipinski definition) is 3. The quantitative estimate of drug-likeness (QED) is 0.186. The third-order valence-corrected chi connectivity index (χ3v) is 4.30. The number of nitrogens with one attached hydrogen (secondary N) is 3. The van der Waals surface area contributed by atoms with Crippen molar-refractivity contribution in [1.82, 2.24) is 10.6 Å². The van der Waals surface area contributed by atoms with Crippen molar-refractivity contribution < 1.29 is 9.47 Å². The lowest BCUT2D eigenvalue weighted by Gasteiger charge is -2.17. The zero-order valence-corrected chi connectivity index (χ0v) is 20.9. The van der Waals surface area contributed by atoms with Gasteiger partial charge in [-0.3, -0.25) is 4.99 Å². The van der Waals surface area contributed by atoms with Gasteiger partial charge < -0.3 is 25.4 Å². The lowest BCUT2D eigenvalue weighted by atomic mass is 10.1. The normalized spacial score (nSPS) is 11.1.